The maximum absolute atomic E-state index is 10.8. The van der Waals surface area contributed by atoms with Gasteiger partial charge in [0.1, 0.15) is 6.10 Å². The van der Waals surface area contributed by atoms with Crippen molar-refractivity contribution >= 4 is 5.91 Å². The van der Waals surface area contributed by atoms with E-state index in [0.29, 0.717) is 11.5 Å². The average Bonchev–Trinajstić information content (AvgIpc) is 2.50. The van der Waals surface area contributed by atoms with Crippen LogP contribution in [-0.4, -0.2) is 29.7 Å². The highest BCUT2D eigenvalue weighted by atomic mass is 16.3. The molecule has 0 radical (unpaired) electrons. The van der Waals surface area contributed by atoms with E-state index in [-0.39, 0.29) is 6.54 Å². The average molecular weight is 256 g/mol. The fraction of sp³-hybridized carbons (Fsp3) is 0.929. The molecule has 3 unspecified atom stereocenters. The van der Waals surface area contributed by atoms with Crippen molar-refractivity contribution in [1.29, 1.82) is 0 Å². The zero-order valence-electron chi connectivity index (χ0n) is 11.9. The molecule has 1 amide bonds. The lowest BCUT2D eigenvalue weighted by molar-refractivity contribution is -0.125. The summed E-state index contributed by atoms with van der Waals surface area (Å²) in [5.41, 5.74) is 5.41. The van der Waals surface area contributed by atoms with Gasteiger partial charge in [0, 0.05) is 12.6 Å². The Kier molecular flexibility index (Phi) is 5.60. The molecule has 1 aliphatic carbocycles. The minimum atomic E-state index is -1.06. The van der Waals surface area contributed by atoms with Gasteiger partial charge in [-0.15, -0.1) is 0 Å². The molecule has 4 heteroatoms. The Balaban J connectivity index is 2.36. The van der Waals surface area contributed by atoms with Crippen LogP contribution in [0.1, 0.15) is 52.9 Å². The van der Waals surface area contributed by atoms with Crippen molar-refractivity contribution in [3.63, 3.8) is 0 Å². The Morgan fingerprint density at radius 1 is 1.33 bits per heavy atom. The van der Waals surface area contributed by atoms with Crippen LogP contribution in [0, 0.1) is 11.3 Å². The second-order valence-corrected chi connectivity index (χ2v) is 6.59. The Bertz CT molecular complexity index is 273. The van der Waals surface area contributed by atoms with Crippen molar-refractivity contribution in [3.05, 3.63) is 0 Å². The largest absolute Gasteiger partial charge is 0.382 e. The summed E-state index contributed by atoms with van der Waals surface area (Å²) < 4.78 is 0. The van der Waals surface area contributed by atoms with Gasteiger partial charge in [-0.2, -0.15) is 0 Å². The van der Waals surface area contributed by atoms with Crippen LogP contribution in [0.3, 0.4) is 0 Å². The highest BCUT2D eigenvalue weighted by Gasteiger charge is 2.27. The van der Waals surface area contributed by atoms with Crippen molar-refractivity contribution < 1.29 is 9.90 Å². The van der Waals surface area contributed by atoms with Gasteiger partial charge in [0.15, 0.2) is 0 Å². The van der Waals surface area contributed by atoms with E-state index >= 15 is 0 Å². The first-order chi connectivity index (χ1) is 8.30. The zero-order valence-corrected chi connectivity index (χ0v) is 11.9. The quantitative estimate of drug-likeness (QED) is 0.666. The van der Waals surface area contributed by atoms with Crippen molar-refractivity contribution in [2.75, 3.05) is 6.54 Å². The highest BCUT2D eigenvalue weighted by molar-refractivity contribution is 5.78. The van der Waals surface area contributed by atoms with Crippen LogP contribution in [0.15, 0.2) is 0 Å². The van der Waals surface area contributed by atoms with E-state index in [1.165, 1.54) is 19.3 Å². The van der Waals surface area contributed by atoms with Gasteiger partial charge in [0.2, 0.25) is 5.91 Å². The number of amides is 1. The summed E-state index contributed by atoms with van der Waals surface area (Å²) in [5, 5.41) is 12.6. The summed E-state index contributed by atoms with van der Waals surface area (Å²) in [6, 6.07) is 0.409. The molecule has 0 aliphatic heterocycles. The smallest absolute Gasteiger partial charge is 0.247 e. The van der Waals surface area contributed by atoms with Crippen LogP contribution in [0.2, 0.25) is 0 Å². The molecule has 0 bridgehead atoms. The number of primary amides is 1. The number of nitrogens with one attached hydrogen (secondary N) is 1. The number of hydrogen-bond acceptors (Lipinski definition) is 3. The fourth-order valence-electron chi connectivity index (χ4n) is 2.75. The molecule has 1 saturated carbocycles. The summed E-state index contributed by atoms with van der Waals surface area (Å²) in [4.78, 5) is 10.8. The van der Waals surface area contributed by atoms with Gasteiger partial charge in [-0.3, -0.25) is 4.79 Å². The fourth-order valence-corrected chi connectivity index (χ4v) is 2.75. The third-order valence-corrected chi connectivity index (χ3v) is 4.12. The summed E-state index contributed by atoms with van der Waals surface area (Å²) in [5.74, 6) is 0.119. The predicted molar refractivity (Wildman–Crippen MR) is 73.0 cm³/mol. The normalized spacial score (nSPS) is 27.6. The Morgan fingerprint density at radius 2 is 2.00 bits per heavy atom. The molecule has 0 aromatic heterocycles. The SMILES string of the molecule is CC(C)(C)C1CCCC(NCC(O)C(N)=O)CC1. The van der Waals surface area contributed by atoms with E-state index in [9.17, 15) is 9.90 Å². The molecule has 4 nitrogen and oxygen atoms in total. The topological polar surface area (TPSA) is 75.3 Å². The number of hydrogen-bond donors (Lipinski definition) is 3. The van der Waals surface area contributed by atoms with E-state index in [2.05, 4.69) is 26.1 Å². The van der Waals surface area contributed by atoms with Crippen LogP contribution in [0.4, 0.5) is 0 Å². The van der Waals surface area contributed by atoms with E-state index in [0.717, 1.165) is 18.8 Å². The lowest BCUT2D eigenvalue weighted by atomic mass is 9.76. The van der Waals surface area contributed by atoms with Gasteiger partial charge in [0.25, 0.3) is 0 Å². The molecule has 0 saturated heterocycles. The van der Waals surface area contributed by atoms with E-state index in [1.54, 1.807) is 0 Å². The second-order valence-electron chi connectivity index (χ2n) is 6.59. The molecule has 18 heavy (non-hydrogen) atoms. The van der Waals surface area contributed by atoms with Gasteiger partial charge in [-0.05, 0) is 37.0 Å². The maximum atomic E-state index is 10.8. The molecular weight excluding hydrogens is 228 g/mol. The minimum absolute atomic E-state index is 0.278. The maximum Gasteiger partial charge on any atom is 0.247 e. The van der Waals surface area contributed by atoms with Crippen LogP contribution >= 0.6 is 0 Å². The molecule has 0 aromatic rings. The molecule has 3 atom stereocenters. The number of rotatable bonds is 4. The summed E-state index contributed by atoms with van der Waals surface area (Å²) in [6.45, 7) is 7.20. The monoisotopic (exact) mass is 256 g/mol. The van der Waals surface area contributed by atoms with E-state index in [1.807, 2.05) is 0 Å². The van der Waals surface area contributed by atoms with Crippen molar-refractivity contribution in [3.8, 4) is 0 Å². The third-order valence-electron chi connectivity index (χ3n) is 4.12. The van der Waals surface area contributed by atoms with Gasteiger partial charge in [0.05, 0.1) is 0 Å². The lowest BCUT2D eigenvalue weighted by Gasteiger charge is -2.29. The summed E-state index contributed by atoms with van der Waals surface area (Å²) >= 11 is 0. The Morgan fingerprint density at radius 3 is 2.56 bits per heavy atom. The molecule has 1 fully saturated rings. The van der Waals surface area contributed by atoms with Crippen molar-refractivity contribution in [1.82, 2.24) is 5.32 Å². The van der Waals surface area contributed by atoms with Crippen LogP contribution in [-0.2, 0) is 4.79 Å². The standard InChI is InChI=1S/C14H28N2O2/c1-14(2,3)10-5-4-6-11(8-7-10)16-9-12(17)13(15)18/h10-12,16-17H,4-9H2,1-3H3,(H2,15,18). The van der Waals surface area contributed by atoms with Crippen LogP contribution in [0.25, 0.3) is 0 Å². The van der Waals surface area contributed by atoms with Gasteiger partial charge in [-0.25, -0.2) is 0 Å². The first-order valence-corrected chi connectivity index (χ1v) is 7.01. The van der Waals surface area contributed by atoms with Gasteiger partial charge >= 0.3 is 0 Å². The van der Waals surface area contributed by atoms with Crippen molar-refractivity contribution in [2.24, 2.45) is 17.1 Å². The van der Waals surface area contributed by atoms with E-state index in [4.69, 9.17) is 5.73 Å². The molecule has 106 valence electrons. The van der Waals surface area contributed by atoms with E-state index < -0.39 is 12.0 Å². The first kappa shape index (κ1) is 15.4. The second kappa shape index (κ2) is 6.53. The third kappa shape index (κ3) is 4.94. The molecule has 0 spiro atoms. The molecule has 0 aromatic carbocycles. The van der Waals surface area contributed by atoms with Gasteiger partial charge < -0.3 is 16.2 Å². The number of carbonyl (C=O) groups excluding carboxylic acids is 1. The van der Waals surface area contributed by atoms with Crippen LogP contribution < -0.4 is 11.1 Å². The first-order valence-electron chi connectivity index (χ1n) is 7.01. The Hall–Kier alpha value is -0.610. The molecule has 0 heterocycles. The Labute approximate surface area is 110 Å². The minimum Gasteiger partial charge on any atom is -0.382 e. The predicted octanol–water partition coefficient (Wildman–Crippen LogP) is 1.42. The van der Waals surface area contributed by atoms with Crippen LogP contribution in [0.5, 0.6) is 0 Å². The van der Waals surface area contributed by atoms with Gasteiger partial charge in [-0.1, -0.05) is 27.2 Å². The molecule has 1 rings (SSSR count). The lowest BCUT2D eigenvalue weighted by Crippen LogP contribution is -2.41. The zero-order chi connectivity index (χ0) is 13.8. The number of nitrogens with two attached hydrogens (primary N) is 1. The summed E-state index contributed by atoms with van der Waals surface area (Å²) in [6.07, 6.45) is 4.89. The number of aliphatic hydroxyl groups excluding tert-OH is 1. The number of carbonyl (C=O) groups is 1. The molecule has 1 aliphatic rings. The molecular formula is C14H28N2O2. The summed E-state index contributed by atoms with van der Waals surface area (Å²) in [7, 11) is 0. The highest BCUT2D eigenvalue weighted by Crippen LogP contribution is 2.36. The molecule has 4 N–H and O–H groups in total. The number of aliphatic hydroxyl groups is 1. The van der Waals surface area contributed by atoms with Crippen molar-refractivity contribution in [2.45, 2.75) is 65.0 Å².